The molecule has 0 bridgehead atoms. The van der Waals surface area contributed by atoms with Gasteiger partial charge in [-0.25, -0.2) is 9.97 Å². The van der Waals surface area contributed by atoms with E-state index in [9.17, 15) is 4.79 Å². The van der Waals surface area contributed by atoms with Gasteiger partial charge in [-0.15, -0.1) is 0 Å². The number of carbonyl (C=O) groups excluding carboxylic acids is 1. The Balaban J connectivity index is 1.71. The third-order valence-electron chi connectivity index (χ3n) is 4.06. The van der Waals surface area contributed by atoms with E-state index < -0.39 is 0 Å². The summed E-state index contributed by atoms with van der Waals surface area (Å²) >= 11 is 0. The van der Waals surface area contributed by atoms with E-state index in [-0.39, 0.29) is 11.9 Å². The first kappa shape index (κ1) is 15.6. The summed E-state index contributed by atoms with van der Waals surface area (Å²) in [6.07, 6.45) is 7.93. The van der Waals surface area contributed by atoms with Crippen molar-refractivity contribution in [2.24, 2.45) is 7.05 Å². The topological polar surface area (TPSA) is 75.9 Å². The third-order valence-corrected chi connectivity index (χ3v) is 4.06. The number of carbonyl (C=O) groups is 1. The molecule has 1 N–H and O–H groups in total. The van der Waals surface area contributed by atoms with Gasteiger partial charge < -0.3 is 5.32 Å². The van der Waals surface area contributed by atoms with Crippen molar-refractivity contribution in [1.29, 1.82) is 0 Å². The summed E-state index contributed by atoms with van der Waals surface area (Å²) in [5.41, 5.74) is 2.05. The molecule has 2 aromatic rings. The normalized spacial score (nSPS) is 18.3. The molecule has 23 heavy (non-hydrogen) atoms. The molecule has 3 rings (SSSR count). The van der Waals surface area contributed by atoms with Crippen molar-refractivity contribution in [1.82, 2.24) is 30.0 Å². The Morgan fingerprint density at radius 3 is 3.09 bits per heavy atom. The zero-order valence-electron chi connectivity index (χ0n) is 13.6. The van der Waals surface area contributed by atoms with E-state index in [0.29, 0.717) is 6.54 Å². The molecule has 3 heterocycles. The molecule has 0 aromatic carbocycles. The van der Waals surface area contributed by atoms with Crippen LogP contribution in [-0.4, -0.2) is 37.1 Å². The lowest BCUT2D eigenvalue weighted by Crippen LogP contribution is -2.25. The molecule has 122 valence electrons. The molecule has 1 aliphatic heterocycles. The Morgan fingerprint density at radius 1 is 1.48 bits per heavy atom. The molecule has 1 fully saturated rings. The van der Waals surface area contributed by atoms with E-state index in [1.54, 1.807) is 6.20 Å². The molecular formula is C16H22N6O. The Labute approximate surface area is 135 Å². The van der Waals surface area contributed by atoms with Crippen LogP contribution in [0.15, 0.2) is 24.7 Å². The lowest BCUT2D eigenvalue weighted by molar-refractivity contribution is -0.119. The highest BCUT2D eigenvalue weighted by Crippen LogP contribution is 2.31. The van der Waals surface area contributed by atoms with Gasteiger partial charge in [0.05, 0.1) is 24.5 Å². The largest absolute Gasteiger partial charge is 0.351 e. The number of aromatic nitrogens is 4. The van der Waals surface area contributed by atoms with Crippen molar-refractivity contribution in [2.75, 3.05) is 6.54 Å². The van der Waals surface area contributed by atoms with Gasteiger partial charge >= 0.3 is 0 Å². The van der Waals surface area contributed by atoms with E-state index in [2.05, 4.69) is 25.3 Å². The van der Waals surface area contributed by atoms with Crippen LogP contribution in [0, 0.1) is 0 Å². The molecule has 1 atom stereocenters. The molecular weight excluding hydrogens is 292 g/mol. The molecule has 0 spiro atoms. The summed E-state index contributed by atoms with van der Waals surface area (Å²) in [4.78, 5) is 22.5. The molecule has 1 aliphatic rings. The quantitative estimate of drug-likeness (QED) is 0.897. The van der Waals surface area contributed by atoms with Crippen molar-refractivity contribution in [3.8, 4) is 0 Å². The predicted molar refractivity (Wildman–Crippen MR) is 85.1 cm³/mol. The van der Waals surface area contributed by atoms with Gasteiger partial charge in [0.2, 0.25) is 5.91 Å². The second-order valence-electron chi connectivity index (χ2n) is 5.97. The lowest BCUT2D eigenvalue weighted by atomic mass is 10.2. The summed E-state index contributed by atoms with van der Waals surface area (Å²) in [7, 11) is 1.93. The maximum atomic E-state index is 11.0. The van der Waals surface area contributed by atoms with Crippen LogP contribution in [0.3, 0.4) is 0 Å². The Hall–Kier alpha value is -2.28. The van der Waals surface area contributed by atoms with Gasteiger partial charge in [-0.1, -0.05) is 0 Å². The van der Waals surface area contributed by atoms with Crippen molar-refractivity contribution in [3.63, 3.8) is 0 Å². The molecule has 1 saturated heterocycles. The van der Waals surface area contributed by atoms with E-state index in [1.165, 1.54) is 12.5 Å². The van der Waals surface area contributed by atoms with Gasteiger partial charge in [-0.05, 0) is 25.5 Å². The highest BCUT2D eigenvalue weighted by atomic mass is 16.1. The van der Waals surface area contributed by atoms with Crippen molar-refractivity contribution >= 4 is 5.91 Å². The van der Waals surface area contributed by atoms with Gasteiger partial charge in [0, 0.05) is 38.5 Å². The summed E-state index contributed by atoms with van der Waals surface area (Å²) in [6.45, 7) is 3.85. The standard InChI is InChI=1S/C16H22N6O/c1-12(23)18-9-14-5-6-17-16(20-14)15-4-3-7-22(15)11-13-8-19-21(2)10-13/h5-6,8,10,15H,3-4,7,9,11H2,1-2H3,(H,18,23)/t15-/m1/s1. The average Bonchev–Trinajstić information content (AvgIpc) is 3.15. The zero-order chi connectivity index (χ0) is 16.2. The highest BCUT2D eigenvalue weighted by molar-refractivity contribution is 5.72. The Bertz CT molecular complexity index is 683. The summed E-state index contributed by atoms with van der Waals surface area (Å²) < 4.78 is 1.82. The minimum atomic E-state index is -0.0516. The Kier molecular flexibility index (Phi) is 4.66. The molecule has 0 saturated carbocycles. The van der Waals surface area contributed by atoms with E-state index in [4.69, 9.17) is 0 Å². The third kappa shape index (κ3) is 3.92. The maximum absolute atomic E-state index is 11.0. The van der Waals surface area contributed by atoms with Crippen molar-refractivity contribution < 1.29 is 4.79 Å². The lowest BCUT2D eigenvalue weighted by Gasteiger charge is -2.22. The van der Waals surface area contributed by atoms with Gasteiger partial charge in [-0.2, -0.15) is 5.10 Å². The van der Waals surface area contributed by atoms with E-state index in [0.717, 1.165) is 37.4 Å². The minimum Gasteiger partial charge on any atom is -0.351 e. The number of nitrogens with zero attached hydrogens (tertiary/aromatic N) is 5. The van der Waals surface area contributed by atoms with Crippen LogP contribution in [-0.2, 0) is 24.9 Å². The fraction of sp³-hybridized carbons (Fsp3) is 0.500. The fourth-order valence-corrected chi connectivity index (χ4v) is 2.98. The van der Waals surface area contributed by atoms with Gasteiger partial charge in [-0.3, -0.25) is 14.4 Å². The second kappa shape index (κ2) is 6.87. The number of rotatable bonds is 5. The molecule has 7 heteroatoms. The number of amides is 1. The van der Waals surface area contributed by atoms with E-state index in [1.807, 2.05) is 30.2 Å². The number of nitrogens with one attached hydrogen (secondary N) is 1. The van der Waals surface area contributed by atoms with Gasteiger partial charge in [0.15, 0.2) is 0 Å². The highest BCUT2D eigenvalue weighted by Gasteiger charge is 2.28. The maximum Gasteiger partial charge on any atom is 0.217 e. The molecule has 0 aliphatic carbocycles. The van der Waals surface area contributed by atoms with Crippen LogP contribution < -0.4 is 5.32 Å². The van der Waals surface area contributed by atoms with Crippen molar-refractivity contribution in [2.45, 2.75) is 38.9 Å². The summed E-state index contributed by atoms with van der Waals surface area (Å²) in [5.74, 6) is 0.790. The van der Waals surface area contributed by atoms with Crippen LogP contribution in [0.2, 0.25) is 0 Å². The monoisotopic (exact) mass is 314 g/mol. The first-order valence-electron chi connectivity index (χ1n) is 7.89. The summed E-state index contributed by atoms with van der Waals surface area (Å²) in [5, 5.41) is 7.01. The molecule has 1 amide bonds. The number of aryl methyl sites for hydroxylation is 1. The van der Waals surface area contributed by atoms with Gasteiger partial charge in [0.1, 0.15) is 5.82 Å². The minimum absolute atomic E-state index is 0.0516. The van der Waals surface area contributed by atoms with Crippen LogP contribution in [0.25, 0.3) is 0 Å². The first-order chi connectivity index (χ1) is 11.1. The predicted octanol–water partition coefficient (Wildman–Crippen LogP) is 1.18. The van der Waals surface area contributed by atoms with Gasteiger partial charge in [0.25, 0.3) is 0 Å². The number of hydrogen-bond acceptors (Lipinski definition) is 5. The van der Waals surface area contributed by atoms with Crippen LogP contribution in [0.1, 0.15) is 42.9 Å². The first-order valence-corrected chi connectivity index (χ1v) is 7.89. The van der Waals surface area contributed by atoms with Crippen LogP contribution >= 0.6 is 0 Å². The van der Waals surface area contributed by atoms with Crippen molar-refractivity contribution in [3.05, 3.63) is 41.7 Å². The van der Waals surface area contributed by atoms with E-state index >= 15 is 0 Å². The number of hydrogen-bond donors (Lipinski definition) is 1. The smallest absolute Gasteiger partial charge is 0.217 e. The average molecular weight is 314 g/mol. The van der Waals surface area contributed by atoms with Crippen LogP contribution in [0.5, 0.6) is 0 Å². The molecule has 7 nitrogen and oxygen atoms in total. The second-order valence-corrected chi connectivity index (χ2v) is 5.97. The zero-order valence-corrected chi connectivity index (χ0v) is 13.6. The molecule has 0 radical (unpaired) electrons. The fourth-order valence-electron chi connectivity index (χ4n) is 2.98. The SMILES string of the molecule is CC(=O)NCc1ccnc([C@H]2CCCN2Cc2cnn(C)c2)n1. The molecule has 0 unspecified atom stereocenters. The van der Waals surface area contributed by atoms with Crippen LogP contribution in [0.4, 0.5) is 0 Å². The summed E-state index contributed by atoms with van der Waals surface area (Å²) in [6, 6.07) is 2.08. The number of likely N-dealkylation sites (tertiary alicyclic amines) is 1. The Morgan fingerprint density at radius 2 is 2.35 bits per heavy atom. The molecule has 2 aromatic heterocycles.